The first-order valence-corrected chi connectivity index (χ1v) is 5.06. The number of thiazole rings is 1. The SMILES string of the molecule is CCOC/C(N)=C/c1csc(C)n1. The molecule has 2 N–H and O–H groups in total. The fourth-order valence-corrected chi connectivity index (χ4v) is 1.47. The van der Waals surface area contributed by atoms with Gasteiger partial charge in [0.2, 0.25) is 0 Å². The number of rotatable bonds is 4. The van der Waals surface area contributed by atoms with Crippen molar-refractivity contribution in [1.82, 2.24) is 4.98 Å². The molecule has 0 bridgehead atoms. The molecule has 0 aromatic carbocycles. The maximum atomic E-state index is 5.70. The van der Waals surface area contributed by atoms with E-state index < -0.39 is 0 Å². The Kier molecular flexibility index (Phi) is 3.92. The molecule has 0 saturated heterocycles. The molecule has 0 aliphatic heterocycles. The number of nitrogens with two attached hydrogens (primary N) is 1. The van der Waals surface area contributed by atoms with Gasteiger partial charge in [0, 0.05) is 17.7 Å². The van der Waals surface area contributed by atoms with E-state index in [4.69, 9.17) is 10.5 Å². The van der Waals surface area contributed by atoms with Crippen LogP contribution in [0.3, 0.4) is 0 Å². The van der Waals surface area contributed by atoms with Gasteiger partial charge in [-0.2, -0.15) is 0 Å². The Balaban J connectivity index is 2.54. The van der Waals surface area contributed by atoms with E-state index in [9.17, 15) is 0 Å². The second-order valence-electron chi connectivity index (χ2n) is 2.65. The molecule has 0 aliphatic carbocycles. The lowest BCUT2D eigenvalue weighted by molar-refractivity contribution is 0.170. The van der Waals surface area contributed by atoms with Gasteiger partial charge in [-0.25, -0.2) is 4.98 Å². The van der Waals surface area contributed by atoms with Gasteiger partial charge in [-0.1, -0.05) is 0 Å². The first-order chi connectivity index (χ1) is 6.22. The Morgan fingerprint density at radius 3 is 3.08 bits per heavy atom. The number of nitrogens with zero attached hydrogens (tertiary/aromatic N) is 1. The van der Waals surface area contributed by atoms with Crippen molar-refractivity contribution in [3.63, 3.8) is 0 Å². The summed E-state index contributed by atoms with van der Waals surface area (Å²) in [4.78, 5) is 4.27. The topological polar surface area (TPSA) is 48.1 Å². The molecule has 1 aromatic heterocycles. The average Bonchev–Trinajstić information content (AvgIpc) is 2.48. The summed E-state index contributed by atoms with van der Waals surface area (Å²) in [5, 5.41) is 3.03. The second-order valence-corrected chi connectivity index (χ2v) is 3.71. The summed E-state index contributed by atoms with van der Waals surface area (Å²) in [7, 11) is 0. The van der Waals surface area contributed by atoms with Crippen LogP contribution in [0.25, 0.3) is 6.08 Å². The average molecular weight is 198 g/mol. The summed E-state index contributed by atoms with van der Waals surface area (Å²) in [6.45, 7) is 5.08. The Hall–Kier alpha value is -0.870. The highest BCUT2D eigenvalue weighted by molar-refractivity contribution is 7.09. The van der Waals surface area contributed by atoms with Crippen LogP contribution in [-0.2, 0) is 4.74 Å². The van der Waals surface area contributed by atoms with Crippen LogP contribution in [-0.4, -0.2) is 18.2 Å². The lowest BCUT2D eigenvalue weighted by Crippen LogP contribution is -2.06. The van der Waals surface area contributed by atoms with Gasteiger partial charge in [0.25, 0.3) is 0 Å². The van der Waals surface area contributed by atoms with Gasteiger partial charge in [0.05, 0.1) is 17.3 Å². The molecule has 1 rings (SSSR count). The van der Waals surface area contributed by atoms with Crippen molar-refractivity contribution in [2.45, 2.75) is 13.8 Å². The number of aromatic nitrogens is 1. The molecule has 0 fully saturated rings. The van der Waals surface area contributed by atoms with Crippen LogP contribution in [0.1, 0.15) is 17.6 Å². The normalized spacial score (nSPS) is 12.0. The van der Waals surface area contributed by atoms with E-state index in [1.165, 1.54) is 0 Å². The van der Waals surface area contributed by atoms with Crippen LogP contribution >= 0.6 is 11.3 Å². The minimum absolute atomic E-state index is 0.479. The van der Waals surface area contributed by atoms with Crippen molar-refractivity contribution in [3.05, 3.63) is 21.8 Å². The van der Waals surface area contributed by atoms with Gasteiger partial charge >= 0.3 is 0 Å². The first-order valence-electron chi connectivity index (χ1n) is 4.18. The Bertz CT molecular complexity index is 294. The molecule has 3 nitrogen and oxygen atoms in total. The van der Waals surface area contributed by atoms with Gasteiger partial charge in [-0.15, -0.1) is 11.3 Å². The van der Waals surface area contributed by atoms with Gasteiger partial charge in [-0.3, -0.25) is 0 Å². The Morgan fingerprint density at radius 1 is 1.77 bits per heavy atom. The quantitative estimate of drug-likeness (QED) is 0.802. The number of hydrogen-bond donors (Lipinski definition) is 1. The zero-order valence-electron chi connectivity index (χ0n) is 7.91. The monoisotopic (exact) mass is 198 g/mol. The number of hydrogen-bond acceptors (Lipinski definition) is 4. The molecule has 4 heteroatoms. The van der Waals surface area contributed by atoms with E-state index in [0.717, 1.165) is 10.7 Å². The molecule has 0 atom stereocenters. The Labute approximate surface area is 82.2 Å². The fourth-order valence-electron chi connectivity index (χ4n) is 0.898. The smallest absolute Gasteiger partial charge is 0.0901 e. The third-order valence-corrected chi connectivity index (χ3v) is 2.23. The third-order valence-electron chi connectivity index (χ3n) is 1.44. The van der Waals surface area contributed by atoms with Crippen molar-refractivity contribution in [2.75, 3.05) is 13.2 Å². The van der Waals surface area contributed by atoms with E-state index in [1.54, 1.807) is 11.3 Å². The minimum Gasteiger partial charge on any atom is -0.400 e. The molecular formula is C9H14N2OS. The van der Waals surface area contributed by atoms with Crippen LogP contribution in [0.5, 0.6) is 0 Å². The van der Waals surface area contributed by atoms with Crippen molar-refractivity contribution in [2.24, 2.45) is 5.73 Å². The van der Waals surface area contributed by atoms with Crippen molar-refractivity contribution in [1.29, 1.82) is 0 Å². The van der Waals surface area contributed by atoms with Gasteiger partial charge < -0.3 is 10.5 Å². The zero-order chi connectivity index (χ0) is 9.68. The predicted molar refractivity (Wildman–Crippen MR) is 55.5 cm³/mol. The molecule has 13 heavy (non-hydrogen) atoms. The van der Waals surface area contributed by atoms with Crippen molar-refractivity contribution in [3.8, 4) is 0 Å². The van der Waals surface area contributed by atoms with E-state index in [0.29, 0.717) is 18.9 Å². The standard InChI is InChI=1S/C9H14N2OS/c1-3-12-5-8(10)4-9-6-13-7(2)11-9/h4,6H,3,5,10H2,1-2H3/b8-4-. The van der Waals surface area contributed by atoms with Gasteiger partial charge in [-0.05, 0) is 19.9 Å². The molecule has 1 heterocycles. The first kappa shape index (κ1) is 10.2. The fraction of sp³-hybridized carbons (Fsp3) is 0.444. The number of aryl methyl sites for hydroxylation is 1. The van der Waals surface area contributed by atoms with Crippen LogP contribution in [0.4, 0.5) is 0 Å². The molecular weight excluding hydrogens is 184 g/mol. The van der Waals surface area contributed by atoms with Crippen LogP contribution in [0.15, 0.2) is 11.1 Å². The van der Waals surface area contributed by atoms with Crippen LogP contribution < -0.4 is 5.73 Å². The molecule has 0 saturated carbocycles. The highest BCUT2D eigenvalue weighted by atomic mass is 32.1. The van der Waals surface area contributed by atoms with E-state index >= 15 is 0 Å². The third kappa shape index (κ3) is 3.57. The molecule has 72 valence electrons. The highest BCUT2D eigenvalue weighted by Crippen LogP contribution is 2.10. The maximum Gasteiger partial charge on any atom is 0.0901 e. The van der Waals surface area contributed by atoms with Gasteiger partial charge in [0.15, 0.2) is 0 Å². The van der Waals surface area contributed by atoms with E-state index in [2.05, 4.69) is 4.98 Å². The van der Waals surface area contributed by atoms with Crippen LogP contribution in [0.2, 0.25) is 0 Å². The largest absolute Gasteiger partial charge is 0.400 e. The summed E-state index contributed by atoms with van der Waals surface area (Å²) in [5.74, 6) is 0. The highest BCUT2D eigenvalue weighted by Gasteiger charge is 1.95. The summed E-state index contributed by atoms with van der Waals surface area (Å²) < 4.78 is 5.16. The summed E-state index contributed by atoms with van der Waals surface area (Å²) >= 11 is 1.62. The lowest BCUT2D eigenvalue weighted by Gasteiger charge is -1.99. The molecule has 0 amide bonds. The van der Waals surface area contributed by atoms with E-state index in [-0.39, 0.29) is 0 Å². The second kappa shape index (κ2) is 4.99. The summed E-state index contributed by atoms with van der Waals surface area (Å²) in [5.41, 5.74) is 7.33. The molecule has 0 aliphatic rings. The molecule has 0 radical (unpaired) electrons. The maximum absolute atomic E-state index is 5.70. The predicted octanol–water partition coefficient (Wildman–Crippen LogP) is 1.79. The number of ether oxygens (including phenoxy) is 1. The molecule has 1 aromatic rings. The van der Waals surface area contributed by atoms with Crippen LogP contribution in [0, 0.1) is 6.92 Å². The van der Waals surface area contributed by atoms with E-state index in [1.807, 2.05) is 25.3 Å². The van der Waals surface area contributed by atoms with Crippen molar-refractivity contribution < 1.29 is 4.74 Å². The lowest BCUT2D eigenvalue weighted by atomic mass is 10.3. The summed E-state index contributed by atoms with van der Waals surface area (Å²) in [6, 6.07) is 0. The zero-order valence-corrected chi connectivity index (χ0v) is 8.73. The summed E-state index contributed by atoms with van der Waals surface area (Å²) in [6.07, 6.45) is 1.85. The Morgan fingerprint density at radius 2 is 2.54 bits per heavy atom. The van der Waals surface area contributed by atoms with Crippen molar-refractivity contribution >= 4 is 17.4 Å². The van der Waals surface area contributed by atoms with Gasteiger partial charge in [0.1, 0.15) is 0 Å². The molecule has 0 spiro atoms. The molecule has 0 unspecified atom stereocenters. The minimum atomic E-state index is 0.479.